The van der Waals surface area contributed by atoms with Crippen molar-refractivity contribution in [3.8, 4) is 11.4 Å². The number of hydrogen-bond acceptors (Lipinski definition) is 5. The van der Waals surface area contributed by atoms with Gasteiger partial charge in [0.2, 0.25) is 5.91 Å². The molecule has 0 spiro atoms. The van der Waals surface area contributed by atoms with Gasteiger partial charge in [-0.3, -0.25) is 9.78 Å². The van der Waals surface area contributed by atoms with Gasteiger partial charge in [-0.15, -0.1) is 0 Å². The zero-order valence-corrected chi connectivity index (χ0v) is 17.6. The van der Waals surface area contributed by atoms with Crippen LogP contribution < -0.4 is 10.2 Å². The van der Waals surface area contributed by atoms with Gasteiger partial charge in [-0.05, 0) is 35.7 Å². The molecule has 0 bridgehead atoms. The molecule has 3 aromatic carbocycles. The Morgan fingerprint density at radius 1 is 0.875 bits per heavy atom. The molecule has 2 heterocycles. The number of fused-ring (bicyclic) bond motifs is 2. The summed E-state index contributed by atoms with van der Waals surface area (Å²) in [6.07, 6.45) is 3.45. The van der Waals surface area contributed by atoms with E-state index in [1.807, 2.05) is 90.8 Å². The molecule has 0 aliphatic rings. The fourth-order valence-electron chi connectivity index (χ4n) is 3.79. The number of rotatable bonds is 5. The number of likely N-dealkylation sites (N-methyl/N-ethyl adjacent to an activating group) is 1. The van der Waals surface area contributed by atoms with E-state index in [0.717, 1.165) is 32.9 Å². The van der Waals surface area contributed by atoms with Crippen molar-refractivity contribution in [3.63, 3.8) is 0 Å². The van der Waals surface area contributed by atoms with Crippen molar-refractivity contribution in [1.29, 1.82) is 0 Å². The lowest BCUT2D eigenvalue weighted by atomic mass is 10.1. The summed E-state index contributed by atoms with van der Waals surface area (Å²) in [6.45, 7) is 0.150. The molecule has 5 aromatic rings. The summed E-state index contributed by atoms with van der Waals surface area (Å²) in [5.74, 6) is 1.16. The predicted molar refractivity (Wildman–Crippen MR) is 129 cm³/mol. The van der Waals surface area contributed by atoms with Crippen molar-refractivity contribution >= 4 is 39.1 Å². The third kappa shape index (κ3) is 3.86. The summed E-state index contributed by atoms with van der Waals surface area (Å²) in [4.78, 5) is 28.4. The minimum absolute atomic E-state index is 0.116. The summed E-state index contributed by atoms with van der Waals surface area (Å²) in [6, 6.07) is 25.5. The van der Waals surface area contributed by atoms with Gasteiger partial charge < -0.3 is 10.2 Å². The standard InChI is InChI=1S/C26H21N5O/c1-31(17-24(32)28-22-14-6-9-18-8-2-3-11-20(18)22)26-21-12-4-5-13-23(21)29-25(30-26)19-10-7-15-27-16-19/h2-16H,17H2,1H3,(H,28,32). The van der Waals surface area contributed by atoms with Crippen molar-refractivity contribution in [2.45, 2.75) is 0 Å². The van der Waals surface area contributed by atoms with E-state index in [2.05, 4.69) is 10.3 Å². The second-order valence-electron chi connectivity index (χ2n) is 7.56. The number of para-hydroxylation sites is 1. The Morgan fingerprint density at radius 3 is 2.50 bits per heavy atom. The highest BCUT2D eigenvalue weighted by Crippen LogP contribution is 2.27. The number of amides is 1. The maximum absolute atomic E-state index is 12.9. The lowest BCUT2D eigenvalue weighted by Gasteiger charge is -2.20. The highest BCUT2D eigenvalue weighted by molar-refractivity contribution is 6.04. The first kappa shape index (κ1) is 19.6. The summed E-state index contributed by atoms with van der Waals surface area (Å²) < 4.78 is 0. The van der Waals surface area contributed by atoms with E-state index < -0.39 is 0 Å². The van der Waals surface area contributed by atoms with Crippen LogP contribution in [0.2, 0.25) is 0 Å². The van der Waals surface area contributed by atoms with Gasteiger partial charge in [-0.1, -0.05) is 48.5 Å². The SMILES string of the molecule is CN(CC(=O)Nc1cccc2ccccc12)c1nc(-c2cccnc2)nc2ccccc12. The molecule has 5 rings (SSSR count). The number of nitrogens with zero attached hydrogens (tertiary/aromatic N) is 4. The number of benzene rings is 3. The van der Waals surface area contributed by atoms with E-state index in [1.54, 1.807) is 12.4 Å². The summed E-state index contributed by atoms with van der Waals surface area (Å²) in [5.41, 5.74) is 2.44. The highest BCUT2D eigenvalue weighted by atomic mass is 16.2. The highest BCUT2D eigenvalue weighted by Gasteiger charge is 2.16. The number of hydrogen-bond donors (Lipinski definition) is 1. The summed E-state index contributed by atoms with van der Waals surface area (Å²) in [5, 5.41) is 6.03. The average Bonchev–Trinajstić information content (AvgIpc) is 2.84. The second-order valence-corrected chi connectivity index (χ2v) is 7.56. The zero-order valence-electron chi connectivity index (χ0n) is 17.6. The first-order valence-corrected chi connectivity index (χ1v) is 10.3. The average molecular weight is 419 g/mol. The molecular formula is C26H21N5O. The Balaban J connectivity index is 1.45. The number of anilines is 2. The molecule has 0 saturated heterocycles. The number of pyridine rings is 1. The van der Waals surface area contributed by atoms with Gasteiger partial charge in [-0.25, -0.2) is 9.97 Å². The molecule has 6 nitrogen and oxygen atoms in total. The normalized spacial score (nSPS) is 10.9. The second kappa shape index (κ2) is 8.43. The Morgan fingerprint density at radius 2 is 1.66 bits per heavy atom. The van der Waals surface area contributed by atoms with Gasteiger partial charge in [0.1, 0.15) is 5.82 Å². The van der Waals surface area contributed by atoms with Crippen molar-refractivity contribution < 1.29 is 4.79 Å². The molecule has 0 saturated carbocycles. The Hall–Kier alpha value is -4.32. The number of carbonyl (C=O) groups excluding carboxylic acids is 1. The van der Waals surface area contributed by atoms with Crippen LogP contribution in [0.3, 0.4) is 0 Å². The molecule has 156 valence electrons. The van der Waals surface area contributed by atoms with Gasteiger partial charge in [0.25, 0.3) is 0 Å². The van der Waals surface area contributed by atoms with Crippen LogP contribution in [-0.2, 0) is 4.79 Å². The fourth-order valence-corrected chi connectivity index (χ4v) is 3.79. The van der Waals surface area contributed by atoms with Crippen LogP contribution in [0, 0.1) is 0 Å². The minimum atomic E-state index is -0.116. The monoisotopic (exact) mass is 419 g/mol. The predicted octanol–water partition coefficient (Wildman–Crippen LogP) is 4.92. The quantitative estimate of drug-likeness (QED) is 0.438. The first-order valence-electron chi connectivity index (χ1n) is 10.3. The van der Waals surface area contributed by atoms with Gasteiger partial charge in [-0.2, -0.15) is 0 Å². The molecule has 6 heteroatoms. The van der Waals surface area contributed by atoms with Crippen LogP contribution in [0.4, 0.5) is 11.5 Å². The van der Waals surface area contributed by atoms with Crippen LogP contribution in [0.25, 0.3) is 33.1 Å². The topological polar surface area (TPSA) is 71.0 Å². The third-order valence-corrected chi connectivity index (χ3v) is 5.31. The largest absolute Gasteiger partial charge is 0.350 e. The van der Waals surface area contributed by atoms with Crippen molar-refractivity contribution in [1.82, 2.24) is 15.0 Å². The van der Waals surface area contributed by atoms with Crippen LogP contribution in [-0.4, -0.2) is 34.5 Å². The maximum atomic E-state index is 12.9. The molecule has 1 N–H and O–H groups in total. The molecular weight excluding hydrogens is 398 g/mol. The van der Waals surface area contributed by atoms with Gasteiger partial charge in [0.15, 0.2) is 5.82 Å². The Kier molecular flexibility index (Phi) is 5.17. The van der Waals surface area contributed by atoms with E-state index in [-0.39, 0.29) is 12.5 Å². The van der Waals surface area contributed by atoms with Crippen molar-refractivity contribution in [2.75, 3.05) is 23.8 Å². The smallest absolute Gasteiger partial charge is 0.243 e. The lowest BCUT2D eigenvalue weighted by molar-refractivity contribution is -0.114. The summed E-state index contributed by atoms with van der Waals surface area (Å²) >= 11 is 0. The van der Waals surface area contributed by atoms with Crippen LogP contribution in [0.15, 0.2) is 91.3 Å². The Labute approximate surface area is 185 Å². The minimum Gasteiger partial charge on any atom is -0.350 e. The van der Waals surface area contributed by atoms with E-state index in [1.165, 1.54) is 0 Å². The zero-order chi connectivity index (χ0) is 21.9. The molecule has 32 heavy (non-hydrogen) atoms. The fraction of sp³-hybridized carbons (Fsp3) is 0.0769. The molecule has 1 amide bonds. The molecule has 0 fully saturated rings. The number of aromatic nitrogens is 3. The van der Waals surface area contributed by atoms with Crippen LogP contribution in [0.1, 0.15) is 0 Å². The van der Waals surface area contributed by atoms with Gasteiger partial charge in [0, 0.05) is 41.5 Å². The maximum Gasteiger partial charge on any atom is 0.243 e. The molecule has 0 aliphatic heterocycles. The molecule has 0 aliphatic carbocycles. The number of nitrogens with one attached hydrogen (secondary N) is 1. The molecule has 2 aromatic heterocycles. The van der Waals surface area contributed by atoms with E-state index in [0.29, 0.717) is 11.6 Å². The van der Waals surface area contributed by atoms with Gasteiger partial charge >= 0.3 is 0 Å². The van der Waals surface area contributed by atoms with Crippen molar-refractivity contribution in [2.24, 2.45) is 0 Å². The lowest BCUT2D eigenvalue weighted by Crippen LogP contribution is -2.31. The van der Waals surface area contributed by atoms with E-state index in [9.17, 15) is 4.79 Å². The Bertz CT molecular complexity index is 1410. The van der Waals surface area contributed by atoms with E-state index in [4.69, 9.17) is 9.97 Å². The molecule has 0 atom stereocenters. The van der Waals surface area contributed by atoms with Crippen LogP contribution >= 0.6 is 0 Å². The molecule has 0 radical (unpaired) electrons. The molecule has 0 unspecified atom stereocenters. The number of carbonyl (C=O) groups is 1. The van der Waals surface area contributed by atoms with Crippen molar-refractivity contribution in [3.05, 3.63) is 91.3 Å². The van der Waals surface area contributed by atoms with E-state index >= 15 is 0 Å². The van der Waals surface area contributed by atoms with Gasteiger partial charge in [0.05, 0.1) is 12.1 Å². The first-order chi connectivity index (χ1) is 15.7. The third-order valence-electron chi connectivity index (χ3n) is 5.31. The summed E-state index contributed by atoms with van der Waals surface area (Å²) in [7, 11) is 1.87. The van der Waals surface area contributed by atoms with Crippen LogP contribution in [0.5, 0.6) is 0 Å².